The maximum Gasteiger partial charge on any atom is 0.387 e. The zero-order valence-corrected chi connectivity index (χ0v) is 14.1. The van der Waals surface area contributed by atoms with Gasteiger partial charge in [0.1, 0.15) is 10.6 Å². The summed E-state index contributed by atoms with van der Waals surface area (Å²) in [5, 5.41) is -0.0122. The fourth-order valence-electron chi connectivity index (χ4n) is 1.65. The molecule has 0 saturated carbocycles. The number of nitrogens with one attached hydrogen (secondary N) is 1. The highest BCUT2D eigenvalue weighted by molar-refractivity contribution is 7.92. The molecule has 2 aromatic carbocycles. The molecule has 0 atom stereocenters. The summed E-state index contributed by atoms with van der Waals surface area (Å²) < 4.78 is 55.3. The van der Waals surface area contributed by atoms with Crippen LogP contribution in [0.3, 0.4) is 0 Å². The van der Waals surface area contributed by atoms with Crippen molar-refractivity contribution in [2.24, 2.45) is 0 Å². The Morgan fingerprint density at radius 2 is 1.70 bits per heavy atom. The number of sulfonamides is 1. The monoisotopic (exact) mass is 401 g/mol. The first-order valence-electron chi connectivity index (χ1n) is 5.91. The molecule has 1 N–H and O–H groups in total. The van der Waals surface area contributed by atoms with Crippen LogP contribution in [0.1, 0.15) is 0 Å². The minimum Gasteiger partial charge on any atom is -0.433 e. The van der Waals surface area contributed by atoms with Crippen molar-refractivity contribution in [2.45, 2.75) is 11.5 Å². The molecule has 0 radical (unpaired) electrons. The zero-order chi connectivity index (χ0) is 17.2. The highest BCUT2D eigenvalue weighted by Gasteiger charge is 2.19. The highest BCUT2D eigenvalue weighted by atomic mass is 35.5. The molecule has 0 aliphatic rings. The lowest BCUT2D eigenvalue weighted by Gasteiger charge is -2.12. The van der Waals surface area contributed by atoms with Gasteiger partial charge < -0.3 is 4.74 Å². The Morgan fingerprint density at radius 3 is 2.30 bits per heavy atom. The Kier molecular flexibility index (Phi) is 5.57. The van der Waals surface area contributed by atoms with Crippen LogP contribution in [-0.4, -0.2) is 15.0 Å². The number of hydrogen-bond donors (Lipinski definition) is 1. The quantitative estimate of drug-likeness (QED) is 0.761. The van der Waals surface area contributed by atoms with Gasteiger partial charge in [0.2, 0.25) is 0 Å². The maximum absolute atomic E-state index is 12.3. The highest BCUT2D eigenvalue weighted by Crippen LogP contribution is 2.31. The van der Waals surface area contributed by atoms with Gasteiger partial charge in [0, 0.05) is 5.02 Å². The van der Waals surface area contributed by atoms with Crippen LogP contribution in [0, 0.1) is 0 Å². The van der Waals surface area contributed by atoms with Crippen molar-refractivity contribution < 1.29 is 21.9 Å². The largest absolute Gasteiger partial charge is 0.433 e. The summed E-state index contributed by atoms with van der Waals surface area (Å²) in [5.41, 5.74) is 0.0488. The standard InChI is InChI=1S/C13H8Cl3F2NO3S/c14-7-1-3-9(15)12(5-7)23(20,21)19-8-2-4-11(10(16)6-8)22-13(17)18/h1-6,13,19H. The van der Waals surface area contributed by atoms with Gasteiger partial charge >= 0.3 is 6.61 Å². The third-order valence-corrected chi connectivity index (χ3v) is 4.98. The first-order chi connectivity index (χ1) is 10.7. The van der Waals surface area contributed by atoms with Gasteiger partial charge in [0.05, 0.1) is 15.7 Å². The lowest BCUT2D eigenvalue weighted by molar-refractivity contribution is -0.0497. The van der Waals surface area contributed by atoms with Gasteiger partial charge in [-0.15, -0.1) is 0 Å². The Hall–Kier alpha value is -1.28. The minimum absolute atomic E-state index is 0.0225. The van der Waals surface area contributed by atoms with E-state index in [0.29, 0.717) is 0 Å². The Bertz CT molecular complexity index is 831. The van der Waals surface area contributed by atoms with Crippen molar-refractivity contribution in [3.63, 3.8) is 0 Å². The van der Waals surface area contributed by atoms with Crippen LogP contribution in [-0.2, 0) is 10.0 Å². The van der Waals surface area contributed by atoms with Gasteiger partial charge in [-0.25, -0.2) is 8.42 Å². The third-order valence-electron chi connectivity index (χ3n) is 2.58. The van der Waals surface area contributed by atoms with Crippen LogP contribution in [0.5, 0.6) is 5.75 Å². The van der Waals surface area contributed by atoms with Crippen molar-refractivity contribution in [1.82, 2.24) is 0 Å². The van der Waals surface area contributed by atoms with Gasteiger partial charge in [-0.1, -0.05) is 34.8 Å². The summed E-state index contributed by atoms with van der Waals surface area (Å²) >= 11 is 17.4. The van der Waals surface area contributed by atoms with E-state index >= 15 is 0 Å². The number of rotatable bonds is 5. The van der Waals surface area contributed by atoms with Crippen molar-refractivity contribution in [1.29, 1.82) is 0 Å². The number of ether oxygens (including phenoxy) is 1. The van der Waals surface area contributed by atoms with E-state index in [1.165, 1.54) is 24.3 Å². The predicted octanol–water partition coefficient (Wildman–Crippen LogP) is 5.05. The third kappa shape index (κ3) is 4.60. The molecule has 4 nitrogen and oxygen atoms in total. The van der Waals surface area contributed by atoms with Gasteiger partial charge in [-0.2, -0.15) is 8.78 Å². The predicted molar refractivity (Wildman–Crippen MR) is 85.4 cm³/mol. The van der Waals surface area contributed by atoms with E-state index in [4.69, 9.17) is 34.8 Å². The van der Waals surface area contributed by atoms with E-state index in [9.17, 15) is 17.2 Å². The van der Waals surface area contributed by atoms with E-state index in [1.54, 1.807) is 0 Å². The Labute approximate surface area is 146 Å². The van der Waals surface area contributed by atoms with E-state index in [1.807, 2.05) is 0 Å². The first kappa shape index (κ1) is 18.1. The molecule has 0 fully saturated rings. The smallest absolute Gasteiger partial charge is 0.387 e. The van der Waals surface area contributed by atoms with Crippen molar-refractivity contribution in [3.05, 3.63) is 51.5 Å². The first-order valence-corrected chi connectivity index (χ1v) is 8.53. The van der Waals surface area contributed by atoms with Crippen molar-refractivity contribution in [3.8, 4) is 5.75 Å². The summed E-state index contributed by atoms with van der Waals surface area (Å²) in [4.78, 5) is -0.226. The van der Waals surface area contributed by atoms with Crippen molar-refractivity contribution in [2.75, 3.05) is 4.72 Å². The fraction of sp³-hybridized carbons (Fsp3) is 0.0769. The molecule has 0 bridgehead atoms. The maximum atomic E-state index is 12.3. The lowest BCUT2D eigenvalue weighted by Crippen LogP contribution is -2.13. The molecule has 2 rings (SSSR count). The second kappa shape index (κ2) is 7.09. The van der Waals surface area contributed by atoms with Crippen LogP contribution in [0.2, 0.25) is 15.1 Å². The molecular formula is C13H8Cl3F2NO3S. The summed E-state index contributed by atoms with van der Waals surface area (Å²) in [6.07, 6.45) is 0. The second-order valence-corrected chi connectivity index (χ2v) is 7.11. The summed E-state index contributed by atoms with van der Waals surface area (Å²) in [6.45, 7) is -3.04. The number of hydrogen-bond acceptors (Lipinski definition) is 3. The van der Waals surface area contributed by atoms with E-state index in [0.717, 1.165) is 12.1 Å². The molecule has 0 spiro atoms. The molecule has 0 heterocycles. The lowest BCUT2D eigenvalue weighted by atomic mass is 10.3. The average Bonchev–Trinajstić information content (AvgIpc) is 2.43. The number of halogens is 5. The van der Waals surface area contributed by atoms with Gasteiger partial charge in [-0.3, -0.25) is 4.72 Å². The van der Waals surface area contributed by atoms with Crippen LogP contribution >= 0.6 is 34.8 Å². The molecule has 0 aliphatic heterocycles. The van der Waals surface area contributed by atoms with Crippen molar-refractivity contribution >= 4 is 50.5 Å². The molecule has 0 saturated heterocycles. The number of anilines is 1. The molecule has 2 aromatic rings. The summed E-state index contributed by atoms with van der Waals surface area (Å²) in [7, 11) is -4.03. The number of benzene rings is 2. The number of alkyl halides is 2. The SMILES string of the molecule is O=S(=O)(Nc1ccc(OC(F)F)c(Cl)c1)c1cc(Cl)ccc1Cl. The molecular weight excluding hydrogens is 395 g/mol. The van der Waals surface area contributed by atoms with Crippen LogP contribution in [0.4, 0.5) is 14.5 Å². The average molecular weight is 403 g/mol. The Morgan fingerprint density at radius 1 is 1.00 bits per heavy atom. The van der Waals surface area contributed by atoms with E-state index < -0.39 is 16.6 Å². The molecule has 23 heavy (non-hydrogen) atoms. The van der Waals surface area contributed by atoms with Gasteiger partial charge in [-0.05, 0) is 36.4 Å². The van der Waals surface area contributed by atoms with E-state index in [2.05, 4.69) is 9.46 Å². The molecule has 0 amide bonds. The minimum atomic E-state index is -4.03. The van der Waals surface area contributed by atoms with Gasteiger partial charge in [0.15, 0.2) is 0 Å². The topological polar surface area (TPSA) is 55.4 Å². The fourth-order valence-corrected chi connectivity index (χ4v) is 3.69. The second-order valence-electron chi connectivity index (χ2n) is 4.20. The molecule has 0 unspecified atom stereocenters. The molecule has 0 aliphatic carbocycles. The normalized spacial score (nSPS) is 11.6. The van der Waals surface area contributed by atoms with Crippen LogP contribution < -0.4 is 9.46 Å². The Balaban J connectivity index is 2.31. The molecule has 124 valence electrons. The van der Waals surface area contributed by atoms with Gasteiger partial charge in [0.25, 0.3) is 10.0 Å². The summed E-state index contributed by atoms with van der Waals surface area (Å²) in [5.74, 6) is -0.273. The molecule has 10 heteroatoms. The van der Waals surface area contributed by atoms with E-state index in [-0.39, 0.29) is 31.4 Å². The summed E-state index contributed by atoms with van der Waals surface area (Å²) in [6, 6.07) is 7.43. The zero-order valence-electron chi connectivity index (χ0n) is 11.1. The van der Waals surface area contributed by atoms with Crippen LogP contribution in [0.15, 0.2) is 41.3 Å². The molecule has 0 aromatic heterocycles. The van der Waals surface area contributed by atoms with Crippen LogP contribution in [0.25, 0.3) is 0 Å².